The number of hydrogen-bond donors (Lipinski definition) is 0. The second kappa shape index (κ2) is 14.4. The third-order valence-electron chi connectivity index (χ3n) is 10.8. The number of para-hydroxylation sites is 4. The van der Waals surface area contributed by atoms with Crippen LogP contribution < -0.4 is 4.90 Å². The Hall–Kier alpha value is -7.42. The summed E-state index contributed by atoms with van der Waals surface area (Å²) >= 11 is 0. The van der Waals surface area contributed by atoms with E-state index in [0.29, 0.717) is 0 Å². The second-order valence-corrected chi connectivity index (χ2v) is 14.1. The van der Waals surface area contributed by atoms with Crippen molar-refractivity contribution in [3.05, 3.63) is 231 Å². The van der Waals surface area contributed by atoms with E-state index in [9.17, 15) is 0 Å². The number of nitrogens with zero attached hydrogens (tertiary/aromatic N) is 2. The highest BCUT2D eigenvalue weighted by Gasteiger charge is 2.23. The van der Waals surface area contributed by atoms with Crippen LogP contribution in [0.25, 0.3) is 72.0 Å². The van der Waals surface area contributed by atoms with Crippen LogP contribution in [-0.4, -0.2) is 4.57 Å². The number of hydrogen-bond acceptors (Lipinski definition) is 1. The molecule has 0 saturated heterocycles. The van der Waals surface area contributed by atoms with E-state index >= 15 is 0 Å². The molecule has 0 unspecified atom stereocenters. The minimum Gasteiger partial charge on any atom is -0.309 e. The van der Waals surface area contributed by atoms with Crippen molar-refractivity contribution < 1.29 is 0 Å². The fourth-order valence-electron chi connectivity index (χ4n) is 8.25. The fourth-order valence-corrected chi connectivity index (χ4v) is 8.25. The van der Waals surface area contributed by atoms with Gasteiger partial charge in [-0.2, -0.15) is 0 Å². The lowest BCUT2D eigenvalue weighted by Gasteiger charge is -2.30. The first-order chi connectivity index (χ1) is 27.8. The summed E-state index contributed by atoms with van der Waals surface area (Å²) in [6.45, 7) is 0. The summed E-state index contributed by atoms with van der Waals surface area (Å²) in [5.41, 5.74) is 16.2. The van der Waals surface area contributed by atoms with Gasteiger partial charge in [0, 0.05) is 33.3 Å². The van der Waals surface area contributed by atoms with E-state index < -0.39 is 0 Å². The molecule has 0 spiro atoms. The third kappa shape index (κ3) is 5.95. The van der Waals surface area contributed by atoms with Gasteiger partial charge in [0.05, 0.1) is 22.4 Å². The molecule has 0 bridgehead atoms. The number of anilines is 3. The van der Waals surface area contributed by atoms with Gasteiger partial charge in [0.15, 0.2) is 0 Å². The van der Waals surface area contributed by atoms with E-state index in [0.717, 1.165) is 45.0 Å². The van der Waals surface area contributed by atoms with Gasteiger partial charge in [-0.15, -0.1) is 0 Å². The van der Waals surface area contributed by atoms with Crippen LogP contribution in [0.4, 0.5) is 17.1 Å². The Morgan fingerprint density at radius 2 is 0.804 bits per heavy atom. The lowest BCUT2D eigenvalue weighted by Crippen LogP contribution is -2.12. The molecule has 264 valence electrons. The molecule has 10 rings (SSSR count). The van der Waals surface area contributed by atoms with Gasteiger partial charge in [0.25, 0.3) is 0 Å². The predicted octanol–water partition coefficient (Wildman–Crippen LogP) is 14.9. The van der Waals surface area contributed by atoms with Gasteiger partial charge in [0.1, 0.15) is 0 Å². The molecule has 0 aliphatic heterocycles. The van der Waals surface area contributed by atoms with Gasteiger partial charge in [-0.1, -0.05) is 182 Å². The number of rotatable bonds is 8. The maximum absolute atomic E-state index is 2.47. The summed E-state index contributed by atoms with van der Waals surface area (Å²) in [5, 5.41) is 2.46. The van der Waals surface area contributed by atoms with Crippen LogP contribution in [0.3, 0.4) is 0 Å². The first kappa shape index (κ1) is 33.2. The topological polar surface area (TPSA) is 8.17 Å². The van der Waals surface area contributed by atoms with E-state index in [-0.39, 0.29) is 0 Å². The lowest BCUT2D eigenvalue weighted by molar-refractivity contribution is 1.18. The van der Waals surface area contributed by atoms with E-state index in [4.69, 9.17) is 0 Å². The Morgan fingerprint density at radius 3 is 1.55 bits per heavy atom. The maximum Gasteiger partial charge on any atom is 0.0561 e. The standard InChI is InChI=1S/C54H38N2/c1-4-19-39(20-5-1)41-23-18-24-42(37-41)46-28-12-15-32-51(46)56(52-33-16-13-30-48(52)47-29-11-10-27-45(47)40-21-6-2-7-22-40)44-35-36-50-49-31-14-17-34-53(49)55(54(50)38-44)43-25-8-3-9-26-43/h1-38H. The quantitative estimate of drug-likeness (QED) is 0.152. The van der Waals surface area contributed by atoms with Crippen LogP contribution in [0.5, 0.6) is 0 Å². The van der Waals surface area contributed by atoms with E-state index in [1.807, 2.05) is 0 Å². The zero-order valence-electron chi connectivity index (χ0n) is 30.8. The molecular weight excluding hydrogens is 677 g/mol. The Labute approximate surface area is 327 Å². The summed E-state index contributed by atoms with van der Waals surface area (Å²) in [7, 11) is 0. The average Bonchev–Trinajstić information content (AvgIpc) is 3.61. The van der Waals surface area contributed by atoms with Crippen molar-refractivity contribution in [2.75, 3.05) is 4.90 Å². The lowest BCUT2D eigenvalue weighted by atomic mass is 9.92. The van der Waals surface area contributed by atoms with Crippen LogP contribution in [-0.2, 0) is 0 Å². The molecule has 2 nitrogen and oxygen atoms in total. The molecule has 0 saturated carbocycles. The summed E-state index contributed by atoms with van der Waals surface area (Å²) in [6, 6.07) is 83.1. The molecule has 1 heterocycles. The van der Waals surface area contributed by atoms with Crippen molar-refractivity contribution in [1.29, 1.82) is 0 Å². The van der Waals surface area contributed by atoms with Gasteiger partial charge >= 0.3 is 0 Å². The Kier molecular flexibility index (Phi) is 8.55. The number of fused-ring (bicyclic) bond motifs is 3. The Bertz CT molecular complexity index is 2960. The smallest absolute Gasteiger partial charge is 0.0561 e. The molecule has 0 fully saturated rings. The van der Waals surface area contributed by atoms with Gasteiger partial charge in [-0.05, 0) is 81.9 Å². The molecule has 0 aliphatic rings. The Balaban J connectivity index is 1.25. The molecule has 56 heavy (non-hydrogen) atoms. The minimum atomic E-state index is 1.08. The van der Waals surface area contributed by atoms with Crippen LogP contribution >= 0.6 is 0 Å². The normalized spacial score (nSPS) is 11.2. The maximum atomic E-state index is 2.47. The van der Waals surface area contributed by atoms with Gasteiger partial charge in [-0.25, -0.2) is 0 Å². The van der Waals surface area contributed by atoms with Gasteiger partial charge in [-0.3, -0.25) is 0 Å². The highest BCUT2D eigenvalue weighted by atomic mass is 15.1. The molecular formula is C54H38N2. The summed E-state index contributed by atoms with van der Waals surface area (Å²) < 4.78 is 2.40. The predicted molar refractivity (Wildman–Crippen MR) is 237 cm³/mol. The average molecular weight is 715 g/mol. The van der Waals surface area contributed by atoms with Crippen LogP contribution in [0, 0.1) is 0 Å². The van der Waals surface area contributed by atoms with Crippen molar-refractivity contribution in [2.45, 2.75) is 0 Å². The van der Waals surface area contributed by atoms with Gasteiger partial charge in [0.2, 0.25) is 0 Å². The van der Waals surface area contributed by atoms with E-state index in [1.165, 1.54) is 44.1 Å². The van der Waals surface area contributed by atoms with Crippen molar-refractivity contribution in [2.24, 2.45) is 0 Å². The number of benzene rings is 9. The minimum absolute atomic E-state index is 1.08. The monoisotopic (exact) mass is 714 g/mol. The summed E-state index contributed by atoms with van der Waals surface area (Å²) in [6.07, 6.45) is 0. The fraction of sp³-hybridized carbons (Fsp3) is 0. The molecule has 0 aliphatic carbocycles. The highest BCUT2D eigenvalue weighted by Crippen LogP contribution is 2.47. The summed E-state index contributed by atoms with van der Waals surface area (Å²) in [5.74, 6) is 0. The van der Waals surface area contributed by atoms with Crippen LogP contribution in [0.15, 0.2) is 231 Å². The SMILES string of the molecule is c1ccc(-c2cccc(-c3ccccc3N(c3ccc4c5ccccc5n(-c5ccccc5)c4c3)c3ccccc3-c3ccccc3-c3ccccc3)c2)cc1. The zero-order valence-corrected chi connectivity index (χ0v) is 30.8. The first-order valence-electron chi connectivity index (χ1n) is 19.2. The van der Waals surface area contributed by atoms with Crippen molar-refractivity contribution in [1.82, 2.24) is 4.57 Å². The van der Waals surface area contributed by atoms with E-state index in [2.05, 4.69) is 240 Å². The molecule has 10 aromatic rings. The van der Waals surface area contributed by atoms with Crippen molar-refractivity contribution >= 4 is 38.9 Å². The first-order valence-corrected chi connectivity index (χ1v) is 19.2. The molecule has 9 aromatic carbocycles. The molecule has 0 amide bonds. The molecule has 1 aromatic heterocycles. The zero-order chi connectivity index (χ0) is 37.3. The van der Waals surface area contributed by atoms with Crippen molar-refractivity contribution in [3.8, 4) is 50.2 Å². The molecule has 0 N–H and O–H groups in total. The highest BCUT2D eigenvalue weighted by molar-refractivity contribution is 6.11. The van der Waals surface area contributed by atoms with Crippen LogP contribution in [0.1, 0.15) is 0 Å². The van der Waals surface area contributed by atoms with Gasteiger partial charge < -0.3 is 9.47 Å². The molecule has 0 atom stereocenters. The summed E-state index contributed by atoms with van der Waals surface area (Å²) in [4.78, 5) is 2.47. The van der Waals surface area contributed by atoms with E-state index in [1.54, 1.807) is 0 Å². The molecule has 2 heteroatoms. The molecule has 0 radical (unpaired) electrons. The second-order valence-electron chi connectivity index (χ2n) is 14.1. The van der Waals surface area contributed by atoms with Crippen molar-refractivity contribution in [3.63, 3.8) is 0 Å². The largest absolute Gasteiger partial charge is 0.309 e. The Morgan fingerprint density at radius 1 is 0.286 bits per heavy atom. The third-order valence-corrected chi connectivity index (χ3v) is 10.8. The number of aromatic nitrogens is 1. The van der Waals surface area contributed by atoms with Crippen LogP contribution in [0.2, 0.25) is 0 Å².